The van der Waals surface area contributed by atoms with Crippen molar-refractivity contribution in [3.05, 3.63) is 135 Å². The molecular formula is C33H22BrFN2O5. The van der Waals surface area contributed by atoms with Crippen molar-refractivity contribution >= 4 is 32.9 Å². The minimum atomic E-state index is -0.653. The van der Waals surface area contributed by atoms with Gasteiger partial charge in [-0.05, 0) is 55.0 Å². The fourth-order valence-corrected chi connectivity index (χ4v) is 5.28. The molecule has 2 heterocycles. The van der Waals surface area contributed by atoms with Crippen molar-refractivity contribution in [2.24, 2.45) is 5.73 Å². The molecule has 1 atom stereocenters. The van der Waals surface area contributed by atoms with Gasteiger partial charge in [-0.3, -0.25) is 0 Å². The molecule has 0 fully saturated rings. The zero-order valence-electron chi connectivity index (χ0n) is 22.2. The van der Waals surface area contributed by atoms with Gasteiger partial charge in [0, 0.05) is 32.6 Å². The SMILES string of the molecule is Cc1c(C(=O)Oc2ccc3c(c2)OC(N)=C(C#N)C3c2ccc(OCc3ccccc3F)cc2)oc2ccc(Br)cc12. The second kappa shape index (κ2) is 11.1. The highest BCUT2D eigenvalue weighted by molar-refractivity contribution is 9.10. The van der Waals surface area contributed by atoms with E-state index in [9.17, 15) is 14.4 Å². The monoisotopic (exact) mass is 624 g/mol. The summed E-state index contributed by atoms with van der Waals surface area (Å²) in [4.78, 5) is 13.0. The molecule has 1 aromatic heterocycles. The van der Waals surface area contributed by atoms with Gasteiger partial charge < -0.3 is 24.4 Å². The third-order valence-electron chi connectivity index (χ3n) is 7.05. The Hall–Kier alpha value is -5.07. The Labute approximate surface area is 248 Å². The number of nitrogens with zero attached hydrogens (tertiary/aromatic N) is 1. The molecule has 0 radical (unpaired) electrons. The zero-order chi connectivity index (χ0) is 29.4. The van der Waals surface area contributed by atoms with E-state index in [0.717, 1.165) is 15.4 Å². The molecular weight excluding hydrogens is 603 g/mol. The van der Waals surface area contributed by atoms with Crippen LogP contribution >= 0.6 is 15.9 Å². The number of hydrogen-bond donors (Lipinski definition) is 1. The quantitative estimate of drug-likeness (QED) is 0.153. The van der Waals surface area contributed by atoms with Crippen molar-refractivity contribution < 1.29 is 27.8 Å². The highest BCUT2D eigenvalue weighted by atomic mass is 79.9. The average molecular weight is 625 g/mol. The van der Waals surface area contributed by atoms with Crippen LogP contribution in [0.2, 0.25) is 0 Å². The van der Waals surface area contributed by atoms with Crippen LogP contribution < -0.4 is 19.9 Å². The first-order valence-electron chi connectivity index (χ1n) is 12.9. The summed E-state index contributed by atoms with van der Waals surface area (Å²) in [5, 5.41) is 10.7. The van der Waals surface area contributed by atoms with Crippen molar-refractivity contribution in [1.29, 1.82) is 5.26 Å². The lowest BCUT2D eigenvalue weighted by atomic mass is 9.83. The summed E-state index contributed by atoms with van der Waals surface area (Å²) in [7, 11) is 0. The van der Waals surface area contributed by atoms with Gasteiger partial charge in [-0.15, -0.1) is 0 Å². The van der Waals surface area contributed by atoms with Crippen LogP contribution in [-0.4, -0.2) is 5.97 Å². The van der Waals surface area contributed by atoms with Crippen LogP contribution in [0.5, 0.6) is 17.2 Å². The molecule has 9 heteroatoms. The first kappa shape index (κ1) is 27.1. The number of rotatable bonds is 6. The lowest BCUT2D eigenvalue weighted by Crippen LogP contribution is -2.21. The average Bonchev–Trinajstić information content (AvgIpc) is 3.31. The summed E-state index contributed by atoms with van der Waals surface area (Å²) in [5.41, 5.74) is 9.53. The van der Waals surface area contributed by atoms with Crippen LogP contribution in [0.25, 0.3) is 11.0 Å². The van der Waals surface area contributed by atoms with Crippen molar-refractivity contribution in [3.8, 4) is 23.3 Å². The molecule has 0 bridgehead atoms. The van der Waals surface area contributed by atoms with E-state index >= 15 is 0 Å². The van der Waals surface area contributed by atoms with Crippen molar-refractivity contribution in [1.82, 2.24) is 0 Å². The molecule has 0 spiro atoms. The fraction of sp³-hybridized carbons (Fsp3) is 0.0909. The normalized spacial score (nSPS) is 14.2. The number of furan rings is 1. The number of fused-ring (bicyclic) bond motifs is 2. The second-order valence-corrected chi connectivity index (χ2v) is 10.6. The third kappa shape index (κ3) is 5.08. The van der Waals surface area contributed by atoms with E-state index in [-0.39, 0.29) is 35.4 Å². The summed E-state index contributed by atoms with van der Waals surface area (Å²) >= 11 is 3.43. The summed E-state index contributed by atoms with van der Waals surface area (Å²) in [6.07, 6.45) is 0. The van der Waals surface area contributed by atoms with Gasteiger partial charge in [0.05, 0.1) is 5.92 Å². The molecule has 1 aliphatic rings. The van der Waals surface area contributed by atoms with Crippen LogP contribution in [0.15, 0.2) is 105 Å². The summed E-state index contributed by atoms with van der Waals surface area (Å²) in [6, 6.07) is 26.1. The van der Waals surface area contributed by atoms with E-state index in [1.54, 1.807) is 61.5 Å². The molecule has 42 heavy (non-hydrogen) atoms. The lowest BCUT2D eigenvalue weighted by Gasteiger charge is -2.26. The van der Waals surface area contributed by atoms with Crippen molar-refractivity contribution in [2.45, 2.75) is 19.4 Å². The van der Waals surface area contributed by atoms with Gasteiger partial charge in [0.25, 0.3) is 0 Å². The van der Waals surface area contributed by atoms with E-state index < -0.39 is 11.9 Å². The molecule has 0 aliphatic carbocycles. The number of aryl methyl sites for hydroxylation is 1. The Kier molecular flexibility index (Phi) is 7.15. The van der Waals surface area contributed by atoms with E-state index in [4.69, 9.17) is 24.4 Å². The highest BCUT2D eigenvalue weighted by Crippen LogP contribution is 2.44. The largest absolute Gasteiger partial charge is 0.489 e. The molecule has 208 valence electrons. The van der Waals surface area contributed by atoms with Gasteiger partial charge in [0.2, 0.25) is 11.6 Å². The smallest absolute Gasteiger partial charge is 0.379 e. The Morgan fingerprint density at radius 3 is 2.57 bits per heavy atom. The van der Waals surface area contributed by atoms with E-state index in [1.807, 2.05) is 24.3 Å². The summed E-state index contributed by atoms with van der Waals surface area (Å²) < 4.78 is 37.7. The predicted molar refractivity (Wildman–Crippen MR) is 157 cm³/mol. The molecule has 1 unspecified atom stereocenters. The lowest BCUT2D eigenvalue weighted by molar-refractivity contribution is 0.0702. The number of nitrogens with two attached hydrogens (primary N) is 1. The van der Waals surface area contributed by atoms with Crippen LogP contribution in [0.4, 0.5) is 4.39 Å². The second-order valence-electron chi connectivity index (χ2n) is 9.66. The minimum absolute atomic E-state index is 0.0444. The number of esters is 1. The number of halogens is 2. The minimum Gasteiger partial charge on any atom is -0.489 e. The number of carbonyl (C=O) groups is 1. The van der Waals surface area contributed by atoms with Gasteiger partial charge in [-0.25, -0.2) is 9.18 Å². The number of carbonyl (C=O) groups excluding carboxylic acids is 1. The maximum Gasteiger partial charge on any atom is 0.379 e. The fourth-order valence-electron chi connectivity index (χ4n) is 4.92. The van der Waals surface area contributed by atoms with E-state index in [0.29, 0.717) is 33.8 Å². The van der Waals surface area contributed by atoms with Crippen LogP contribution in [0.1, 0.15) is 38.7 Å². The molecule has 7 nitrogen and oxygen atoms in total. The number of ether oxygens (including phenoxy) is 3. The number of nitriles is 1. The zero-order valence-corrected chi connectivity index (χ0v) is 23.8. The molecule has 0 amide bonds. The maximum absolute atomic E-state index is 13.9. The maximum atomic E-state index is 13.9. The van der Waals surface area contributed by atoms with Gasteiger partial charge in [-0.2, -0.15) is 5.26 Å². The topological polar surface area (TPSA) is 108 Å². The Balaban J connectivity index is 1.25. The van der Waals surface area contributed by atoms with Gasteiger partial charge in [0.15, 0.2) is 0 Å². The summed E-state index contributed by atoms with van der Waals surface area (Å²) in [5.74, 6) is -0.339. The van der Waals surface area contributed by atoms with E-state index in [2.05, 4.69) is 22.0 Å². The van der Waals surface area contributed by atoms with Crippen molar-refractivity contribution in [2.75, 3.05) is 0 Å². The molecule has 2 N–H and O–H groups in total. The summed E-state index contributed by atoms with van der Waals surface area (Å²) in [6.45, 7) is 1.87. The Morgan fingerprint density at radius 1 is 1.05 bits per heavy atom. The predicted octanol–water partition coefficient (Wildman–Crippen LogP) is 7.66. The highest BCUT2D eigenvalue weighted by Gasteiger charge is 2.31. The molecule has 5 aromatic rings. The van der Waals surface area contributed by atoms with Crippen LogP contribution in [0.3, 0.4) is 0 Å². The molecule has 1 aliphatic heterocycles. The van der Waals surface area contributed by atoms with Gasteiger partial charge in [-0.1, -0.05) is 52.3 Å². The first-order chi connectivity index (χ1) is 20.3. The first-order valence-corrected chi connectivity index (χ1v) is 13.7. The number of benzene rings is 4. The van der Waals surface area contributed by atoms with Crippen LogP contribution in [-0.2, 0) is 6.61 Å². The van der Waals surface area contributed by atoms with Gasteiger partial charge >= 0.3 is 5.97 Å². The van der Waals surface area contributed by atoms with Gasteiger partial charge in [0.1, 0.15) is 46.9 Å². The van der Waals surface area contributed by atoms with E-state index in [1.165, 1.54) is 6.07 Å². The molecule has 0 saturated carbocycles. The number of allylic oxidation sites excluding steroid dienone is 1. The number of hydrogen-bond acceptors (Lipinski definition) is 7. The Morgan fingerprint density at radius 2 is 1.81 bits per heavy atom. The Bertz CT molecular complexity index is 1920. The standard InChI is InChI=1S/C33H22BrFN2O5/c1-18-25-14-21(34)8-13-28(25)41-31(18)33(38)40-23-11-12-24-29(15-23)42-32(37)26(16-36)30(24)19-6-9-22(10-7-19)39-17-20-4-2-3-5-27(20)35/h2-15,30H,17,37H2,1H3. The molecule has 6 rings (SSSR count). The third-order valence-corrected chi connectivity index (χ3v) is 7.54. The van der Waals surface area contributed by atoms with Crippen molar-refractivity contribution in [3.63, 3.8) is 0 Å². The molecule has 4 aromatic carbocycles. The molecule has 0 saturated heterocycles. The van der Waals surface area contributed by atoms with Crippen LogP contribution in [0, 0.1) is 24.1 Å².